The fourth-order valence-corrected chi connectivity index (χ4v) is 10.3. The Balaban J connectivity index is 1.43. The van der Waals surface area contributed by atoms with Crippen molar-refractivity contribution in [2.24, 2.45) is 28.1 Å². The lowest BCUT2D eigenvalue weighted by Gasteiger charge is -2.49. The van der Waals surface area contributed by atoms with E-state index in [0.717, 1.165) is 5.56 Å². The van der Waals surface area contributed by atoms with Gasteiger partial charge in [-0.3, -0.25) is 4.79 Å². The average Bonchev–Trinajstić information content (AvgIpc) is 3.67. The van der Waals surface area contributed by atoms with E-state index >= 15 is 0 Å². The number of thioether (sulfide) groups is 1. The van der Waals surface area contributed by atoms with Crippen molar-refractivity contribution in [3.63, 3.8) is 0 Å². The first-order valence-electron chi connectivity index (χ1n) is 14.3. The normalized spacial score (nSPS) is 45.3. The van der Waals surface area contributed by atoms with Crippen LogP contribution in [0.15, 0.2) is 30.3 Å². The minimum absolute atomic E-state index is 0.113. The van der Waals surface area contributed by atoms with Crippen LogP contribution in [-0.4, -0.2) is 83.2 Å². The zero-order valence-electron chi connectivity index (χ0n) is 24.4. The fourth-order valence-electron chi connectivity index (χ4n) is 9.41. The minimum Gasteiger partial charge on any atom is -0.470 e. The number of ether oxygens (including phenoxy) is 7. The molecule has 2 spiro atoms. The van der Waals surface area contributed by atoms with Gasteiger partial charge < -0.3 is 38.3 Å². The molecule has 0 radical (unpaired) electrons. The van der Waals surface area contributed by atoms with Crippen molar-refractivity contribution >= 4 is 46.3 Å². The second-order valence-electron chi connectivity index (χ2n) is 13.3. The second kappa shape index (κ2) is 9.37. The van der Waals surface area contributed by atoms with E-state index in [0.29, 0.717) is 12.2 Å². The maximum absolute atomic E-state index is 14.2. The van der Waals surface area contributed by atoms with Crippen molar-refractivity contribution in [1.82, 2.24) is 0 Å². The molecule has 4 saturated heterocycles. The van der Waals surface area contributed by atoms with Gasteiger partial charge >= 0.3 is 17.9 Å². The van der Waals surface area contributed by atoms with Crippen molar-refractivity contribution in [3.05, 3.63) is 35.9 Å². The highest BCUT2D eigenvalue weighted by atomic mass is 32.2. The zero-order valence-corrected chi connectivity index (χ0v) is 26.0. The predicted octanol–water partition coefficient (Wildman–Crippen LogP) is 2.50. The summed E-state index contributed by atoms with van der Waals surface area (Å²) in [5, 5.41) is 12.7. The molecule has 0 aromatic heterocycles. The zero-order chi connectivity index (χ0) is 30.7. The van der Waals surface area contributed by atoms with Crippen LogP contribution in [0.3, 0.4) is 0 Å². The van der Waals surface area contributed by atoms with Gasteiger partial charge in [-0.2, -0.15) is 0 Å². The lowest BCUT2D eigenvalue weighted by Crippen LogP contribution is -2.67. The maximum atomic E-state index is 14.2. The molecule has 11 nitrogen and oxygen atoms in total. The Morgan fingerprint density at radius 3 is 2.51 bits per heavy atom. The van der Waals surface area contributed by atoms with Crippen LogP contribution >= 0.6 is 24.0 Å². The van der Waals surface area contributed by atoms with Crippen molar-refractivity contribution in [2.45, 2.75) is 81.8 Å². The number of benzene rings is 1. The molecule has 232 valence electrons. The average molecular weight is 635 g/mol. The molecule has 2 aliphatic carbocycles. The molecule has 13 heteroatoms. The quantitative estimate of drug-likeness (QED) is 0.213. The predicted molar refractivity (Wildman–Crippen MR) is 152 cm³/mol. The third kappa shape index (κ3) is 3.21. The van der Waals surface area contributed by atoms with Crippen LogP contribution in [0.25, 0.3) is 0 Å². The van der Waals surface area contributed by atoms with E-state index in [1.807, 2.05) is 51.1 Å². The molecular formula is C30H34O11S2. The number of rotatable bonds is 6. The van der Waals surface area contributed by atoms with Gasteiger partial charge in [-0.15, -0.1) is 0 Å². The third-order valence-corrected chi connectivity index (χ3v) is 12.0. The molecular weight excluding hydrogens is 600 g/mol. The van der Waals surface area contributed by atoms with Gasteiger partial charge in [0, 0.05) is 12.9 Å². The van der Waals surface area contributed by atoms with Crippen LogP contribution in [0.1, 0.15) is 39.7 Å². The summed E-state index contributed by atoms with van der Waals surface area (Å²) < 4.78 is 42.5. The molecule has 4 heterocycles. The van der Waals surface area contributed by atoms with E-state index in [2.05, 4.69) is 0 Å². The van der Waals surface area contributed by atoms with E-state index < -0.39 is 87.9 Å². The first-order valence-corrected chi connectivity index (χ1v) is 15.7. The fraction of sp³-hybridized carbons (Fsp3) is 0.667. The largest absolute Gasteiger partial charge is 0.470 e. The summed E-state index contributed by atoms with van der Waals surface area (Å²) in [7, 11) is 1.43. The minimum atomic E-state index is -2.22. The Labute approximate surface area is 258 Å². The highest BCUT2D eigenvalue weighted by Gasteiger charge is 3.04. The number of aliphatic hydroxyl groups is 1. The number of methoxy groups -OCH3 is 1. The summed E-state index contributed by atoms with van der Waals surface area (Å²) in [6.07, 6.45) is -5.77. The summed E-state index contributed by atoms with van der Waals surface area (Å²) in [5.41, 5.74) is -6.88. The summed E-state index contributed by atoms with van der Waals surface area (Å²) in [6.45, 7) is 7.29. The smallest absolute Gasteiger partial charge is 0.343 e. The molecule has 2 unspecified atom stereocenters. The van der Waals surface area contributed by atoms with Gasteiger partial charge in [0.25, 0.3) is 0 Å². The van der Waals surface area contributed by atoms with E-state index in [-0.39, 0.29) is 11.2 Å². The van der Waals surface area contributed by atoms with Gasteiger partial charge in [0.15, 0.2) is 23.9 Å². The molecule has 1 aromatic rings. The molecule has 0 amide bonds. The number of fused-ring (bicyclic) bond motifs is 1. The molecule has 11 atom stereocenters. The lowest BCUT2D eigenvalue weighted by atomic mass is 9.51. The number of esters is 3. The second-order valence-corrected chi connectivity index (χ2v) is 14.9. The lowest BCUT2D eigenvalue weighted by molar-refractivity contribution is -0.240. The van der Waals surface area contributed by atoms with E-state index in [1.165, 1.54) is 25.8 Å². The number of carbonyl (C=O) groups is 3. The molecule has 0 bridgehead atoms. The third-order valence-electron chi connectivity index (χ3n) is 10.7. The van der Waals surface area contributed by atoms with E-state index in [9.17, 15) is 19.5 Å². The highest BCUT2D eigenvalue weighted by molar-refractivity contribution is 8.22. The standard InChI is InChI=1S/C30H34O11S2/c1-14-21(31)38-19-18(39-25(42)43-12-15-9-7-6-8-10-15)28-17-11-16(26(2,3)4)27(28)20(36-13-35-5)22(32)40-24(27)41-30(28,23(33)37-17)29(14,19)34/h6-10,14,16-20,24,34H,11-13H2,1-5H3/t14-,16+,17-,18+,19+,20+,24+,27?,28?,29-,30-/m1/s1. The first kappa shape index (κ1) is 29.4. The molecule has 1 aromatic carbocycles. The van der Waals surface area contributed by atoms with Gasteiger partial charge in [0.2, 0.25) is 16.3 Å². The van der Waals surface area contributed by atoms with Gasteiger partial charge in [-0.05, 0) is 42.5 Å². The van der Waals surface area contributed by atoms with Gasteiger partial charge in [-0.1, -0.05) is 62.9 Å². The van der Waals surface area contributed by atoms with Crippen LogP contribution in [0.2, 0.25) is 0 Å². The van der Waals surface area contributed by atoms with Crippen LogP contribution in [0.5, 0.6) is 0 Å². The van der Waals surface area contributed by atoms with Crippen LogP contribution in [0.4, 0.5) is 0 Å². The highest BCUT2D eigenvalue weighted by Crippen LogP contribution is 2.85. The molecule has 2 saturated carbocycles. The summed E-state index contributed by atoms with van der Waals surface area (Å²) in [6, 6.07) is 9.67. The summed E-state index contributed by atoms with van der Waals surface area (Å²) in [5.74, 6) is -3.36. The van der Waals surface area contributed by atoms with Gasteiger partial charge in [0.1, 0.15) is 18.3 Å². The Hall–Kier alpha value is -2.29. The number of thiocarbonyl (C=S) groups is 1. The Morgan fingerprint density at radius 1 is 1.12 bits per heavy atom. The van der Waals surface area contributed by atoms with Gasteiger partial charge in [0.05, 0.1) is 11.3 Å². The molecule has 1 N–H and O–H groups in total. The Morgan fingerprint density at radius 2 is 1.84 bits per heavy atom. The van der Waals surface area contributed by atoms with Crippen molar-refractivity contribution in [3.8, 4) is 0 Å². The van der Waals surface area contributed by atoms with Crippen LogP contribution < -0.4 is 0 Å². The molecule has 6 aliphatic rings. The molecule has 4 aliphatic heterocycles. The monoisotopic (exact) mass is 634 g/mol. The summed E-state index contributed by atoms with van der Waals surface area (Å²) in [4.78, 5) is 40.9. The van der Waals surface area contributed by atoms with Crippen molar-refractivity contribution in [1.29, 1.82) is 0 Å². The number of hydrogen-bond acceptors (Lipinski definition) is 13. The Kier molecular flexibility index (Phi) is 6.41. The first-order chi connectivity index (χ1) is 20.3. The summed E-state index contributed by atoms with van der Waals surface area (Å²) >= 11 is 6.99. The molecule has 43 heavy (non-hydrogen) atoms. The van der Waals surface area contributed by atoms with Crippen molar-refractivity contribution in [2.75, 3.05) is 13.9 Å². The van der Waals surface area contributed by atoms with Gasteiger partial charge in [-0.25, -0.2) is 9.59 Å². The van der Waals surface area contributed by atoms with E-state index in [1.54, 1.807) is 0 Å². The molecule has 7 rings (SSSR count). The topological polar surface area (TPSA) is 136 Å². The van der Waals surface area contributed by atoms with E-state index in [4.69, 9.17) is 45.4 Å². The maximum Gasteiger partial charge on any atom is 0.343 e. The Bertz CT molecular complexity index is 1400. The van der Waals surface area contributed by atoms with Crippen LogP contribution in [0, 0.1) is 28.1 Å². The molecule has 6 fully saturated rings. The van der Waals surface area contributed by atoms with Crippen LogP contribution in [-0.2, 0) is 53.3 Å². The number of hydrogen-bond donors (Lipinski definition) is 1. The van der Waals surface area contributed by atoms with Crippen molar-refractivity contribution < 1.29 is 52.6 Å². The SMILES string of the molecule is COCO[C@H]1C(=O)O[C@H]2O[C@]34C(=O)O[C@@H]5C[C@@H](C(C)(C)C)C21C53[C@@H](OC(=S)SCc1ccccc1)[C@@H]1OC(=O)[C@@H](C)[C@@]14O. The number of carbonyl (C=O) groups excluding carboxylic acids is 3.